The Morgan fingerprint density at radius 1 is 1.13 bits per heavy atom. The second-order valence-corrected chi connectivity index (χ2v) is 9.74. The number of rotatable bonds is 7. The number of sulfonamides is 1. The van der Waals surface area contributed by atoms with E-state index in [9.17, 15) is 13.2 Å². The van der Waals surface area contributed by atoms with Crippen LogP contribution in [0.15, 0.2) is 65.4 Å². The fraction of sp³-hybridized carbons (Fsp3) is 0.143. The number of carbonyl (C=O) groups excluding carboxylic acids is 1. The summed E-state index contributed by atoms with van der Waals surface area (Å²) >= 11 is 1.39. The van der Waals surface area contributed by atoms with Crippen LogP contribution in [0.25, 0.3) is 11.0 Å². The number of hydrogen-bond donors (Lipinski definition) is 2. The topological polar surface area (TPSA) is 101 Å². The van der Waals surface area contributed by atoms with Gasteiger partial charge in [-0.25, -0.2) is 13.4 Å². The molecule has 30 heavy (non-hydrogen) atoms. The predicted molar refractivity (Wildman–Crippen MR) is 119 cm³/mol. The lowest BCUT2D eigenvalue weighted by atomic mass is 10.1. The molecule has 0 radical (unpaired) electrons. The third-order valence-electron chi connectivity index (χ3n) is 4.49. The summed E-state index contributed by atoms with van der Waals surface area (Å²) in [5, 5.41) is 4.08. The van der Waals surface area contributed by atoms with E-state index in [4.69, 9.17) is 4.42 Å². The molecular formula is C21H19N3O4S2. The van der Waals surface area contributed by atoms with Crippen LogP contribution in [-0.4, -0.2) is 25.1 Å². The lowest BCUT2D eigenvalue weighted by molar-refractivity contribution is 0.102. The van der Waals surface area contributed by atoms with Crippen LogP contribution in [-0.2, 0) is 16.4 Å². The molecule has 4 aromatic rings. The van der Waals surface area contributed by atoms with E-state index >= 15 is 0 Å². The Labute approximate surface area is 177 Å². The average molecular weight is 442 g/mol. The number of amides is 1. The van der Waals surface area contributed by atoms with E-state index in [1.54, 1.807) is 25.3 Å². The first-order valence-electron chi connectivity index (χ1n) is 9.25. The fourth-order valence-electron chi connectivity index (χ4n) is 2.91. The van der Waals surface area contributed by atoms with Crippen molar-refractivity contribution in [3.63, 3.8) is 0 Å². The number of hydrogen-bond acceptors (Lipinski definition) is 6. The van der Waals surface area contributed by atoms with Gasteiger partial charge in [0, 0.05) is 28.6 Å². The summed E-state index contributed by atoms with van der Waals surface area (Å²) in [5.74, 6) is -0.243. The zero-order valence-electron chi connectivity index (χ0n) is 16.1. The monoisotopic (exact) mass is 441 g/mol. The lowest BCUT2D eigenvalue weighted by Crippen LogP contribution is -2.14. The number of anilines is 2. The summed E-state index contributed by atoms with van der Waals surface area (Å²) in [4.78, 5) is 17.8. The van der Waals surface area contributed by atoms with Crippen LogP contribution in [0.1, 0.15) is 27.7 Å². The van der Waals surface area contributed by atoms with Crippen LogP contribution in [0, 0.1) is 0 Å². The van der Waals surface area contributed by atoms with Gasteiger partial charge in [-0.1, -0.05) is 30.3 Å². The van der Waals surface area contributed by atoms with Crippen molar-refractivity contribution in [2.45, 2.75) is 13.3 Å². The molecule has 0 fully saturated rings. The van der Waals surface area contributed by atoms with E-state index in [2.05, 4.69) is 15.0 Å². The van der Waals surface area contributed by atoms with Gasteiger partial charge in [-0.15, -0.1) is 11.3 Å². The maximum absolute atomic E-state index is 12.6. The van der Waals surface area contributed by atoms with Gasteiger partial charge in [0.15, 0.2) is 5.13 Å². The highest BCUT2D eigenvalue weighted by molar-refractivity contribution is 7.92. The molecule has 0 saturated carbocycles. The summed E-state index contributed by atoms with van der Waals surface area (Å²) in [6.45, 7) is 1.59. The van der Waals surface area contributed by atoms with Gasteiger partial charge < -0.3 is 4.42 Å². The predicted octanol–water partition coefficient (Wildman–Crippen LogP) is 4.49. The average Bonchev–Trinajstić information content (AvgIpc) is 3.36. The molecule has 2 N–H and O–H groups in total. The fourth-order valence-corrected chi connectivity index (χ4v) is 4.39. The summed E-state index contributed by atoms with van der Waals surface area (Å²) < 4.78 is 31.2. The van der Waals surface area contributed by atoms with Gasteiger partial charge in [0.1, 0.15) is 11.8 Å². The van der Waals surface area contributed by atoms with E-state index in [0.717, 1.165) is 15.8 Å². The van der Waals surface area contributed by atoms with Gasteiger partial charge in [0.05, 0.1) is 11.3 Å². The Balaban J connectivity index is 1.41. The zero-order chi connectivity index (χ0) is 21.1. The number of nitrogens with zero attached hydrogens (tertiary/aromatic N) is 1. The molecule has 0 aliphatic heterocycles. The molecule has 1 amide bonds. The normalized spacial score (nSPS) is 11.5. The molecule has 2 aromatic carbocycles. The number of thiazole rings is 1. The molecule has 7 nitrogen and oxygen atoms in total. The van der Waals surface area contributed by atoms with Gasteiger partial charge in [0.2, 0.25) is 10.0 Å². The smallest absolute Gasteiger partial charge is 0.261 e. The molecule has 2 heterocycles. The molecule has 2 aromatic heterocycles. The number of benzene rings is 2. The van der Waals surface area contributed by atoms with Crippen LogP contribution in [0.2, 0.25) is 0 Å². The Morgan fingerprint density at radius 2 is 1.90 bits per heavy atom. The Hall–Kier alpha value is -3.17. The lowest BCUT2D eigenvalue weighted by Gasteiger charge is -2.06. The first-order valence-corrected chi connectivity index (χ1v) is 11.7. The van der Waals surface area contributed by atoms with Crippen LogP contribution in [0.5, 0.6) is 0 Å². The molecular weight excluding hydrogens is 422 g/mol. The summed E-state index contributed by atoms with van der Waals surface area (Å²) in [6, 6.07) is 14.6. The largest absolute Gasteiger partial charge is 0.463 e. The molecule has 0 bridgehead atoms. The maximum Gasteiger partial charge on any atom is 0.261 e. The molecule has 0 unspecified atom stereocenters. The van der Waals surface area contributed by atoms with Crippen molar-refractivity contribution in [1.82, 2.24) is 4.98 Å². The number of fused-ring (bicyclic) bond motifs is 1. The summed E-state index contributed by atoms with van der Waals surface area (Å²) in [5.41, 5.74) is 2.67. The molecule has 0 aliphatic rings. The third kappa shape index (κ3) is 4.52. The Morgan fingerprint density at radius 3 is 2.67 bits per heavy atom. The van der Waals surface area contributed by atoms with Crippen molar-refractivity contribution in [2.24, 2.45) is 0 Å². The number of carbonyl (C=O) groups is 1. The van der Waals surface area contributed by atoms with Crippen molar-refractivity contribution in [2.75, 3.05) is 15.8 Å². The molecule has 0 spiro atoms. The minimum Gasteiger partial charge on any atom is -0.463 e. The number of para-hydroxylation sites is 1. The van der Waals surface area contributed by atoms with Gasteiger partial charge in [-0.05, 0) is 30.7 Å². The van der Waals surface area contributed by atoms with Gasteiger partial charge in [-0.2, -0.15) is 0 Å². The molecule has 9 heteroatoms. The summed E-state index contributed by atoms with van der Waals surface area (Å²) in [6.07, 6.45) is 3.80. The molecule has 0 aliphatic carbocycles. The highest BCUT2D eigenvalue weighted by Gasteiger charge is 2.15. The minimum atomic E-state index is -3.29. The first kappa shape index (κ1) is 20.1. The number of nitrogens with one attached hydrogen (secondary N) is 2. The van der Waals surface area contributed by atoms with Crippen LogP contribution in [0.4, 0.5) is 10.8 Å². The standard InChI is InChI=1S/C21H19N3O4S2/c1-2-30(26,27)24-15-9-7-14(8-10-15)11-16-12-22-21(29-16)23-20(25)18-13-28-19-6-4-3-5-17(18)19/h3-10,12-13,24H,2,11H2,1H3,(H,22,23,25). The van der Waals surface area contributed by atoms with E-state index in [-0.39, 0.29) is 11.7 Å². The first-order chi connectivity index (χ1) is 14.4. The van der Waals surface area contributed by atoms with Crippen LogP contribution < -0.4 is 10.0 Å². The van der Waals surface area contributed by atoms with E-state index < -0.39 is 10.0 Å². The highest BCUT2D eigenvalue weighted by Crippen LogP contribution is 2.25. The van der Waals surface area contributed by atoms with E-state index in [0.29, 0.717) is 28.4 Å². The van der Waals surface area contributed by atoms with Gasteiger partial charge in [-0.3, -0.25) is 14.8 Å². The molecule has 4 rings (SSSR count). The third-order valence-corrected chi connectivity index (χ3v) is 6.70. The summed E-state index contributed by atoms with van der Waals surface area (Å²) in [7, 11) is -3.29. The Bertz CT molecular complexity index is 1290. The van der Waals surface area contributed by atoms with Crippen molar-refractivity contribution in [3.05, 3.63) is 77.0 Å². The molecule has 0 saturated heterocycles. The highest BCUT2D eigenvalue weighted by atomic mass is 32.2. The van der Waals surface area contributed by atoms with Crippen molar-refractivity contribution in [3.8, 4) is 0 Å². The van der Waals surface area contributed by atoms with Gasteiger partial charge in [0.25, 0.3) is 5.91 Å². The Kier molecular flexibility index (Phi) is 5.56. The number of aromatic nitrogens is 1. The SMILES string of the molecule is CCS(=O)(=O)Nc1ccc(Cc2cnc(NC(=O)c3coc4ccccc34)s2)cc1. The van der Waals surface area contributed by atoms with Crippen molar-refractivity contribution >= 4 is 49.1 Å². The van der Waals surface area contributed by atoms with Crippen molar-refractivity contribution < 1.29 is 17.6 Å². The van der Waals surface area contributed by atoms with E-state index in [1.807, 2.05) is 36.4 Å². The van der Waals surface area contributed by atoms with Gasteiger partial charge >= 0.3 is 0 Å². The zero-order valence-corrected chi connectivity index (χ0v) is 17.7. The maximum atomic E-state index is 12.6. The van der Waals surface area contributed by atoms with Crippen LogP contribution in [0.3, 0.4) is 0 Å². The second-order valence-electron chi connectivity index (χ2n) is 6.61. The second kappa shape index (κ2) is 8.29. The minimum absolute atomic E-state index is 0.0265. The number of furan rings is 1. The quantitative estimate of drug-likeness (QED) is 0.440. The van der Waals surface area contributed by atoms with Crippen molar-refractivity contribution in [1.29, 1.82) is 0 Å². The van der Waals surface area contributed by atoms with E-state index in [1.165, 1.54) is 17.6 Å². The molecule has 154 valence electrons. The van der Waals surface area contributed by atoms with Crippen LogP contribution >= 0.6 is 11.3 Å². The molecule has 0 atom stereocenters.